The summed E-state index contributed by atoms with van der Waals surface area (Å²) in [7, 11) is 0. The molecule has 0 saturated heterocycles. The number of carbonyl (C=O) groups excluding carboxylic acids is 1. The number of nitrogens with one attached hydrogen (secondary N) is 1. The predicted molar refractivity (Wildman–Crippen MR) is 97.7 cm³/mol. The maximum Gasteiger partial charge on any atom is 0.418 e. The molecule has 3 aromatic rings. The molecule has 0 spiro atoms. The Morgan fingerprint density at radius 1 is 1.28 bits per heavy atom. The van der Waals surface area contributed by atoms with E-state index in [9.17, 15) is 28.1 Å². The van der Waals surface area contributed by atoms with Crippen LogP contribution in [0.15, 0.2) is 29.4 Å². The number of nitro groups is 1. The van der Waals surface area contributed by atoms with Crippen LogP contribution in [-0.4, -0.2) is 36.2 Å². The highest BCUT2D eigenvalue weighted by atomic mass is 32.2. The SMILES string of the molecule is Cc1cc(C)n2c(SCC(=O)Nc3ccc([N+](=O)[O-])cc3C(F)(F)F)nnc2n1. The van der Waals surface area contributed by atoms with Crippen molar-refractivity contribution in [1.29, 1.82) is 0 Å². The quantitative estimate of drug-likeness (QED) is 0.378. The van der Waals surface area contributed by atoms with Gasteiger partial charge in [0, 0.05) is 23.5 Å². The predicted octanol–water partition coefficient (Wildman–Crippen LogP) is 3.40. The minimum absolute atomic E-state index is 0.248. The van der Waals surface area contributed by atoms with Crippen molar-refractivity contribution in [1.82, 2.24) is 19.6 Å². The topological polar surface area (TPSA) is 115 Å². The van der Waals surface area contributed by atoms with Crippen molar-refractivity contribution in [2.24, 2.45) is 0 Å². The van der Waals surface area contributed by atoms with Gasteiger partial charge in [0.05, 0.1) is 21.9 Å². The van der Waals surface area contributed by atoms with E-state index < -0.39 is 33.9 Å². The zero-order valence-electron chi connectivity index (χ0n) is 15.0. The van der Waals surface area contributed by atoms with Crippen LogP contribution in [0.5, 0.6) is 0 Å². The first kappa shape index (κ1) is 20.5. The Bertz CT molecular complexity index is 1120. The van der Waals surface area contributed by atoms with E-state index in [2.05, 4.69) is 20.5 Å². The molecule has 0 aliphatic carbocycles. The molecule has 0 aliphatic heterocycles. The third-order valence-corrected chi connectivity index (χ3v) is 4.72. The number of carbonyl (C=O) groups is 1. The van der Waals surface area contributed by atoms with Crippen molar-refractivity contribution in [3.8, 4) is 0 Å². The number of nitrogens with zero attached hydrogens (tertiary/aromatic N) is 5. The van der Waals surface area contributed by atoms with E-state index >= 15 is 0 Å². The number of thioether (sulfide) groups is 1. The van der Waals surface area contributed by atoms with Gasteiger partial charge < -0.3 is 5.32 Å². The van der Waals surface area contributed by atoms with Crippen LogP contribution in [0.2, 0.25) is 0 Å². The fraction of sp³-hybridized carbons (Fsp3) is 0.250. The second-order valence-corrected chi connectivity index (χ2v) is 6.92. The average molecular weight is 426 g/mol. The number of halogens is 3. The maximum atomic E-state index is 13.2. The fourth-order valence-corrected chi connectivity index (χ4v) is 3.39. The van der Waals surface area contributed by atoms with Crippen molar-refractivity contribution in [2.75, 3.05) is 11.1 Å². The Morgan fingerprint density at radius 2 is 2.00 bits per heavy atom. The number of alkyl halides is 3. The first-order valence-electron chi connectivity index (χ1n) is 8.04. The van der Waals surface area contributed by atoms with E-state index in [0.29, 0.717) is 17.0 Å². The lowest BCUT2D eigenvalue weighted by molar-refractivity contribution is -0.385. The molecule has 2 aromatic heterocycles. The summed E-state index contributed by atoms with van der Waals surface area (Å²) >= 11 is 0.973. The van der Waals surface area contributed by atoms with Crippen LogP contribution >= 0.6 is 11.8 Å². The molecule has 1 amide bonds. The smallest absolute Gasteiger partial charge is 0.325 e. The number of non-ortho nitro benzene ring substituents is 1. The first-order chi connectivity index (χ1) is 13.6. The molecule has 1 N–H and O–H groups in total. The van der Waals surface area contributed by atoms with Crippen LogP contribution in [0.3, 0.4) is 0 Å². The van der Waals surface area contributed by atoms with Gasteiger partial charge in [-0.2, -0.15) is 13.2 Å². The number of benzene rings is 1. The average Bonchev–Trinajstić information content (AvgIpc) is 3.02. The van der Waals surface area contributed by atoms with Crippen LogP contribution in [0.4, 0.5) is 24.5 Å². The molecule has 3 rings (SSSR count). The molecular formula is C16H13F3N6O3S. The van der Waals surface area contributed by atoms with E-state index in [1.807, 2.05) is 6.92 Å². The van der Waals surface area contributed by atoms with Crippen molar-refractivity contribution >= 4 is 34.8 Å². The zero-order valence-corrected chi connectivity index (χ0v) is 15.8. The number of anilines is 1. The minimum Gasteiger partial charge on any atom is -0.325 e. The summed E-state index contributed by atoms with van der Waals surface area (Å²) < 4.78 is 41.2. The summed E-state index contributed by atoms with van der Waals surface area (Å²) in [6.45, 7) is 3.60. The Morgan fingerprint density at radius 3 is 2.66 bits per heavy atom. The van der Waals surface area contributed by atoms with Crippen LogP contribution in [0, 0.1) is 24.0 Å². The molecule has 0 bridgehead atoms. The lowest BCUT2D eigenvalue weighted by Gasteiger charge is -2.13. The molecule has 0 atom stereocenters. The number of hydrogen-bond acceptors (Lipinski definition) is 7. The van der Waals surface area contributed by atoms with Gasteiger partial charge in [-0.15, -0.1) is 10.2 Å². The maximum absolute atomic E-state index is 13.2. The normalized spacial score (nSPS) is 11.6. The van der Waals surface area contributed by atoms with Gasteiger partial charge in [-0.3, -0.25) is 19.3 Å². The van der Waals surface area contributed by atoms with Gasteiger partial charge in [-0.25, -0.2) is 4.98 Å². The Hall–Kier alpha value is -3.22. The number of fused-ring (bicyclic) bond motifs is 1. The summed E-state index contributed by atoms with van der Waals surface area (Å²) in [6, 6.07) is 3.92. The van der Waals surface area contributed by atoms with Crippen LogP contribution < -0.4 is 5.32 Å². The molecule has 0 radical (unpaired) electrons. The molecule has 0 saturated carbocycles. The van der Waals surface area contributed by atoms with E-state index in [0.717, 1.165) is 35.3 Å². The van der Waals surface area contributed by atoms with Gasteiger partial charge in [0.1, 0.15) is 0 Å². The number of aryl methyl sites for hydroxylation is 2. The van der Waals surface area contributed by atoms with Crippen molar-refractivity contribution in [2.45, 2.75) is 25.2 Å². The Balaban J connectivity index is 1.77. The molecule has 0 unspecified atom stereocenters. The van der Waals surface area contributed by atoms with Crippen molar-refractivity contribution in [3.05, 3.63) is 51.3 Å². The minimum atomic E-state index is -4.87. The van der Waals surface area contributed by atoms with Gasteiger partial charge in [0.2, 0.25) is 5.91 Å². The molecular weight excluding hydrogens is 413 g/mol. The summed E-state index contributed by atoms with van der Waals surface area (Å²) in [6.07, 6.45) is -4.87. The highest BCUT2D eigenvalue weighted by Gasteiger charge is 2.35. The highest BCUT2D eigenvalue weighted by Crippen LogP contribution is 2.37. The summed E-state index contributed by atoms with van der Waals surface area (Å²) in [5.74, 6) is -0.633. The van der Waals surface area contributed by atoms with E-state index in [1.165, 1.54) is 0 Å². The molecule has 29 heavy (non-hydrogen) atoms. The Labute approximate surface area is 165 Å². The summed E-state index contributed by atoms with van der Waals surface area (Å²) in [4.78, 5) is 26.2. The van der Waals surface area contributed by atoms with Gasteiger partial charge in [-0.05, 0) is 26.0 Å². The third kappa shape index (κ3) is 4.45. The van der Waals surface area contributed by atoms with Crippen LogP contribution in [-0.2, 0) is 11.0 Å². The molecule has 1 aromatic carbocycles. The monoisotopic (exact) mass is 426 g/mol. The van der Waals surface area contributed by atoms with E-state index in [4.69, 9.17) is 0 Å². The van der Waals surface area contributed by atoms with Crippen molar-refractivity contribution < 1.29 is 22.9 Å². The summed E-state index contributed by atoms with van der Waals surface area (Å²) in [5.41, 5.74) is -1.05. The van der Waals surface area contributed by atoms with E-state index in [1.54, 1.807) is 17.4 Å². The van der Waals surface area contributed by atoms with Crippen LogP contribution in [0.1, 0.15) is 17.0 Å². The number of hydrogen-bond donors (Lipinski definition) is 1. The first-order valence-corrected chi connectivity index (χ1v) is 9.02. The molecule has 9 nitrogen and oxygen atoms in total. The zero-order chi connectivity index (χ0) is 21.3. The van der Waals surface area contributed by atoms with Gasteiger partial charge in [0.25, 0.3) is 11.5 Å². The molecule has 152 valence electrons. The lowest BCUT2D eigenvalue weighted by Crippen LogP contribution is -2.18. The standard InChI is InChI=1S/C16H13F3N6O3S/c1-8-5-9(2)24-14(20-8)22-23-15(24)29-7-13(26)21-12-4-3-10(25(27)28)6-11(12)16(17,18)19/h3-6H,7H2,1-2H3,(H,21,26). The highest BCUT2D eigenvalue weighted by molar-refractivity contribution is 7.99. The number of nitro benzene ring substituents is 1. The largest absolute Gasteiger partial charge is 0.418 e. The van der Waals surface area contributed by atoms with Gasteiger partial charge >= 0.3 is 6.18 Å². The third-order valence-electron chi connectivity index (χ3n) is 3.79. The molecule has 2 heterocycles. The van der Waals surface area contributed by atoms with Gasteiger partial charge in [0.15, 0.2) is 5.16 Å². The summed E-state index contributed by atoms with van der Waals surface area (Å²) in [5, 5.41) is 21.1. The Kier molecular flexibility index (Phi) is 5.42. The number of aromatic nitrogens is 4. The second kappa shape index (κ2) is 7.66. The number of rotatable bonds is 5. The number of amides is 1. The molecule has 13 heteroatoms. The van der Waals surface area contributed by atoms with Crippen LogP contribution in [0.25, 0.3) is 5.78 Å². The fourth-order valence-electron chi connectivity index (χ4n) is 2.60. The molecule has 0 fully saturated rings. The van der Waals surface area contributed by atoms with Gasteiger partial charge in [-0.1, -0.05) is 11.8 Å². The second-order valence-electron chi connectivity index (χ2n) is 5.98. The van der Waals surface area contributed by atoms with Crippen molar-refractivity contribution in [3.63, 3.8) is 0 Å². The molecule has 0 aliphatic rings. The van der Waals surface area contributed by atoms with E-state index in [-0.39, 0.29) is 5.75 Å². The lowest BCUT2D eigenvalue weighted by atomic mass is 10.1.